The molecule has 0 heterocycles. The van der Waals surface area contributed by atoms with Gasteiger partial charge in [-0.05, 0) is 55.3 Å². The summed E-state index contributed by atoms with van der Waals surface area (Å²) < 4.78 is 0. The molecule has 2 bridgehead atoms. The molecule has 0 spiro atoms. The van der Waals surface area contributed by atoms with E-state index in [1.807, 2.05) is 0 Å². The molecular weight excluding hydrogens is 212 g/mol. The van der Waals surface area contributed by atoms with E-state index in [1.54, 1.807) is 0 Å². The van der Waals surface area contributed by atoms with E-state index in [4.69, 9.17) is 5.53 Å². The lowest BCUT2D eigenvalue weighted by molar-refractivity contribution is -0.116. The van der Waals surface area contributed by atoms with Gasteiger partial charge in [-0.25, -0.2) is 0 Å². The molecule has 0 aromatic heterocycles. The standard InChI is InChI=1S/C14H22N2O/c1-14(2)11-7-6-10(8-11)13(14)5-3-4-12(17)9-16-15/h9-11,13H,3-8H2,1-2H3/t10-,11+,13-/m0/s1. The molecule has 94 valence electrons. The first-order valence-corrected chi connectivity index (χ1v) is 6.76. The Balaban J connectivity index is 1.83. The average molecular weight is 234 g/mol. The van der Waals surface area contributed by atoms with Gasteiger partial charge in [0, 0.05) is 6.42 Å². The van der Waals surface area contributed by atoms with E-state index in [0.29, 0.717) is 11.8 Å². The lowest BCUT2D eigenvalue weighted by Crippen LogP contribution is -2.30. The summed E-state index contributed by atoms with van der Waals surface area (Å²) in [4.78, 5) is 14.0. The number of Topliss-reactive ketones (excluding diaryl/α,β-unsaturated/α-hetero) is 1. The number of hydrogen-bond acceptors (Lipinski definition) is 1. The zero-order valence-corrected chi connectivity index (χ0v) is 10.9. The molecule has 0 amide bonds. The molecule has 2 fully saturated rings. The molecular formula is C14H22N2O. The van der Waals surface area contributed by atoms with E-state index < -0.39 is 0 Å². The topological polar surface area (TPSA) is 53.5 Å². The third-order valence-corrected chi connectivity index (χ3v) is 5.19. The van der Waals surface area contributed by atoms with Gasteiger partial charge < -0.3 is 5.53 Å². The molecule has 0 aromatic carbocycles. The Morgan fingerprint density at radius 2 is 2.24 bits per heavy atom. The molecule has 0 N–H and O–H groups in total. The summed E-state index contributed by atoms with van der Waals surface area (Å²) in [5, 5.41) is 0. The maximum Gasteiger partial charge on any atom is 0.323 e. The molecule has 3 heteroatoms. The van der Waals surface area contributed by atoms with Gasteiger partial charge in [0.25, 0.3) is 0 Å². The summed E-state index contributed by atoms with van der Waals surface area (Å²) >= 11 is 0. The largest absolute Gasteiger partial charge is 0.361 e. The SMILES string of the molecule is CC1(C)[C@@H]2CC[C@@H](C2)[C@@H]1CCCC(=O)C=[N+]=[N-]. The first-order chi connectivity index (χ1) is 8.05. The summed E-state index contributed by atoms with van der Waals surface area (Å²) in [7, 11) is 0. The summed E-state index contributed by atoms with van der Waals surface area (Å²) in [5.74, 6) is 2.54. The maximum absolute atomic E-state index is 11.2. The van der Waals surface area contributed by atoms with Crippen molar-refractivity contribution in [3.05, 3.63) is 5.53 Å². The Hall–Kier alpha value is -0.950. The van der Waals surface area contributed by atoms with Crippen LogP contribution in [0, 0.1) is 23.2 Å². The highest BCUT2D eigenvalue weighted by molar-refractivity contribution is 6.25. The second-order valence-corrected chi connectivity index (χ2v) is 6.30. The van der Waals surface area contributed by atoms with Crippen LogP contribution >= 0.6 is 0 Å². The van der Waals surface area contributed by atoms with E-state index in [1.165, 1.54) is 19.3 Å². The van der Waals surface area contributed by atoms with Gasteiger partial charge in [0.1, 0.15) is 0 Å². The Bertz CT molecular complexity index is 355. The Kier molecular flexibility index (Phi) is 3.48. The van der Waals surface area contributed by atoms with Crippen LogP contribution in [0.5, 0.6) is 0 Å². The van der Waals surface area contributed by atoms with Crippen molar-refractivity contribution in [3.63, 3.8) is 0 Å². The number of carbonyl (C=O) groups is 1. The normalized spacial score (nSPS) is 33.4. The van der Waals surface area contributed by atoms with Crippen molar-refractivity contribution in [2.45, 2.75) is 52.4 Å². The van der Waals surface area contributed by atoms with E-state index in [-0.39, 0.29) is 5.78 Å². The van der Waals surface area contributed by atoms with Gasteiger partial charge in [-0.1, -0.05) is 13.8 Å². The van der Waals surface area contributed by atoms with Crippen molar-refractivity contribution in [1.29, 1.82) is 0 Å². The molecule has 0 unspecified atom stereocenters. The van der Waals surface area contributed by atoms with Crippen LogP contribution in [0.15, 0.2) is 0 Å². The lowest BCUT2D eigenvalue weighted by Gasteiger charge is -2.38. The van der Waals surface area contributed by atoms with E-state index >= 15 is 0 Å². The van der Waals surface area contributed by atoms with Crippen LogP contribution in [0.3, 0.4) is 0 Å². The minimum Gasteiger partial charge on any atom is -0.361 e. The van der Waals surface area contributed by atoms with Crippen molar-refractivity contribution >= 4 is 12.0 Å². The predicted octanol–water partition coefficient (Wildman–Crippen LogP) is 3.10. The summed E-state index contributed by atoms with van der Waals surface area (Å²) in [6.45, 7) is 4.80. The Morgan fingerprint density at radius 1 is 1.47 bits per heavy atom. The van der Waals surface area contributed by atoms with Gasteiger partial charge >= 0.3 is 6.21 Å². The van der Waals surface area contributed by atoms with Gasteiger partial charge in [-0.15, -0.1) is 0 Å². The lowest BCUT2D eigenvalue weighted by atomic mass is 9.67. The van der Waals surface area contributed by atoms with Crippen LogP contribution in [0.25, 0.3) is 5.53 Å². The molecule has 3 atom stereocenters. The van der Waals surface area contributed by atoms with Crippen molar-refractivity contribution in [1.82, 2.24) is 0 Å². The molecule has 0 radical (unpaired) electrons. The summed E-state index contributed by atoms with van der Waals surface area (Å²) in [6.07, 6.45) is 7.83. The van der Waals surface area contributed by atoms with E-state index in [2.05, 4.69) is 18.6 Å². The van der Waals surface area contributed by atoms with Gasteiger partial charge in [0.05, 0.1) is 0 Å². The highest BCUT2D eigenvalue weighted by Gasteiger charge is 2.51. The zero-order valence-electron chi connectivity index (χ0n) is 10.9. The van der Waals surface area contributed by atoms with Crippen LogP contribution in [0.4, 0.5) is 0 Å². The summed E-state index contributed by atoms with van der Waals surface area (Å²) in [6, 6.07) is 0. The molecule has 2 rings (SSSR count). The molecule has 2 aliphatic carbocycles. The number of carbonyl (C=O) groups excluding carboxylic acids is 1. The summed E-state index contributed by atoms with van der Waals surface area (Å²) in [5.41, 5.74) is 8.73. The first-order valence-electron chi connectivity index (χ1n) is 6.76. The number of fused-ring (bicyclic) bond motifs is 2. The van der Waals surface area contributed by atoms with Gasteiger partial charge in [0.2, 0.25) is 5.78 Å². The third kappa shape index (κ3) is 2.35. The maximum atomic E-state index is 11.2. The number of ketones is 1. The van der Waals surface area contributed by atoms with Gasteiger partial charge in [-0.3, -0.25) is 4.79 Å². The second kappa shape index (κ2) is 4.73. The van der Waals surface area contributed by atoms with E-state index in [0.717, 1.165) is 36.8 Å². The van der Waals surface area contributed by atoms with Crippen molar-refractivity contribution < 1.29 is 9.58 Å². The quantitative estimate of drug-likeness (QED) is 0.409. The fourth-order valence-electron chi connectivity index (χ4n) is 4.20. The van der Waals surface area contributed by atoms with Gasteiger partial charge in [-0.2, -0.15) is 4.79 Å². The van der Waals surface area contributed by atoms with Crippen molar-refractivity contribution in [3.8, 4) is 0 Å². The fraction of sp³-hybridized carbons (Fsp3) is 0.857. The first kappa shape index (κ1) is 12.5. The van der Waals surface area contributed by atoms with Crippen molar-refractivity contribution in [2.24, 2.45) is 23.2 Å². The number of nitrogens with zero attached hydrogens (tertiary/aromatic N) is 2. The van der Waals surface area contributed by atoms with Gasteiger partial charge in [0.15, 0.2) is 0 Å². The highest BCUT2D eigenvalue weighted by atomic mass is 16.1. The fourth-order valence-corrected chi connectivity index (χ4v) is 4.20. The minimum absolute atomic E-state index is 0.0616. The zero-order chi connectivity index (χ0) is 12.5. The van der Waals surface area contributed by atoms with E-state index in [9.17, 15) is 4.79 Å². The van der Waals surface area contributed by atoms with Crippen LogP contribution in [0.2, 0.25) is 0 Å². The Labute approximate surface area is 103 Å². The molecule has 3 nitrogen and oxygen atoms in total. The number of rotatable bonds is 5. The molecule has 17 heavy (non-hydrogen) atoms. The van der Waals surface area contributed by atoms with Crippen molar-refractivity contribution in [2.75, 3.05) is 0 Å². The van der Waals surface area contributed by atoms with Crippen LogP contribution in [-0.2, 0) is 4.79 Å². The predicted molar refractivity (Wildman–Crippen MR) is 66.6 cm³/mol. The smallest absolute Gasteiger partial charge is 0.323 e. The monoisotopic (exact) mass is 234 g/mol. The van der Waals surface area contributed by atoms with Crippen LogP contribution < -0.4 is 0 Å². The third-order valence-electron chi connectivity index (χ3n) is 5.19. The molecule has 2 aliphatic rings. The molecule has 0 saturated heterocycles. The minimum atomic E-state index is -0.0616. The average Bonchev–Trinajstić information content (AvgIpc) is 2.80. The molecule has 0 aromatic rings. The molecule has 2 saturated carbocycles. The molecule has 0 aliphatic heterocycles. The second-order valence-electron chi connectivity index (χ2n) is 6.30. The highest BCUT2D eigenvalue weighted by Crippen LogP contribution is 2.60. The van der Waals surface area contributed by atoms with Crippen LogP contribution in [0.1, 0.15) is 52.4 Å². The number of hydrogen-bond donors (Lipinski definition) is 0. The Morgan fingerprint density at radius 3 is 2.82 bits per heavy atom. The van der Waals surface area contributed by atoms with Crippen LogP contribution in [-0.4, -0.2) is 16.8 Å².